The lowest BCUT2D eigenvalue weighted by molar-refractivity contribution is 0.372. The van der Waals surface area contributed by atoms with Gasteiger partial charge in [-0.25, -0.2) is 26.9 Å². The first-order valence-electron chi connectivity index (χ1n) is 12.2. The molecular weight excluding hydrogens is 484 g/mol. The molecule has 36 heavy (non-hydrogen) atoms. The van der Waals surface area contributed by atoms with Gasteiger partial charge in [0.05, 0.1) is 12.0 Å². The Labute approximate surface area is 209 Å². The van der Waals surface area contributed by atoms with E-state index in [1.54, 1.807) is 17.0 Å². The van der Waals surface area contributed by atoms with Crippen molar-refractivity contribution in [3.05, 3.63) is 87.9 Å². The summed E-state index contributed by atoms with van der Waals surface area (Å²) in [5, 5.41) is -2.23. The van der Waals surface area contributed by atoms with Crippen LogP contribution in [0.1, 0.15) is 61.9 Å². The fourth-order valence-corrected chi connectivity index (χ4v) is 6.54. The molecule has 5 rings (SSSR count). The summed E-state index contributed by atoms with van der Waals surface area (Å²) in [7, 11) is -4.20. The number of hydrogen-bond acceptors (Lipinski definition) is 4. The molecule has 9 heteroatoms. The van der Waals surface area contributed by atoms with Crippen LogP contribution in [0.5, 0.6) is 0 Å². The van der Waals surface area contributed by atoms with Crippen molar-refractivity contribution in [1.29, 1.82) is 0 Å². The number of nitrogens with zero attached hydrogens (tertiary/aromatic N) is 2. The van der Waals surface area contributed by atoms with Gasteiger partial charge in [-0.3, -0.25) is 9.36 Å². The van der Waals surface area contributed by atoms with Crippen molar-refractivity contribution in [2.24, 2.45) is 0 Å². The zero-order valence-corrected chi connectivity index (χ0v) is 21.1. The number of aromatic nitrogens is 2. The van der Waals surface area contributed by atoms with Crippen LogP contribution in [-0.4, -0.2) is 29.0 Å². The molecular formula is C27H29F2N3O3S. The van der Waals surface area contributed by atoms with E-state index in [4.69, 9.17) is 0 Å². The largest absolute Gasteiger partial charge is 0.296 e. The second-order valence-electron chi connectivity index (χ2n) is 10.1. The Morgan fingerprint density at radius 2 is 1.83 bits per heavy atom. The van der Waals surface area contributed by atoms with Gasteiger partial charge in [-0.15, -0.1) is 0 Å². The molecule has 0 saturated heterocycles. The Balaban J connectivity index is 1.56. The summed E-state index contributed by atoms with van der Waals surface area (Å²) in [6.45, 7) is 3.77. The molecule has 190 valence electrons. The van der Waals surface area contributed by atoms with Crippen LogP contribution in [0.2, 0.25) is 0 Å². The highest BCUT2D eigenvalue weighted by Crippen LogP contribution is 2.45. The van der Waals surface area contributed by atoms with Gasteiger partial charge in [0.2, 0.25) is 15.0 Å². The highest BCUT2D eigenvalue weighted by molar-refractivity contribution is 7.91. The van der Waals surface area contributed by atoms with Crippen LogP contribution < -0.4 is 10.3 Å². The molecule has 2 aliphatic rings. The summed E-state index contributed by atoms with van der Waals surface area (Å²) in [6.07, 6.45) is 2.69. The van der Waals surface area contributed by atoms with Crippen LogP contribution in [0, 0.1) is 5.82 Å². The van der Waals surface area contributed by atoms with Gasteiger partial charge in [0, 0.05) is 36.4 Å². The van der Waals surface area contributed by atoms with Crippen molar-refractivity contribution in [3.8, 4) is 11.1 Å². The quantitative estimate of drug-likeness (QED) is 0.499. The first kappa shape index (κ1) is 24.8. The van der Waals surface area contributed by atoms with Crippen molar-refractivity contribution in [3.63, 3.8) is 0 Å². The van der Waals surface area contributed by atoms with Crippen LogP contribution in [0.3, 0.4) is 0 Å². The van der Waals surface area contributed by atoms with Crippen molar-refractivity contribution in [1.82, 2.24) is 14.3 Å². The second kappa shape index (κ2) is 9.19. The van der Waals surface area contributed by atoms with E-state index in [1.807, 2.05) is 44.2 Å². The summed E-state index contributed by atoms with van der Waals surface area (Å²) in [5.74, 6) is -0.867. The molecule has 2 aromatic carbocycles. The van der Waals surface area contributed by atoms with E-state index in [0.29, 0.717) is 30.5 Å². The third-order valence-electron chi connectivity index (χ3n) is 7.19. The monoisotopic (exact) mass is 513 g/mol. The number of sulfonamides is 1. The van der Waals surface area contributed by atoms with E-state index in [-0.39, 0.29) is 30.3 Å². The molecule has 0 aliphatic heterocycles. The summed E-state index contributed by atoms with van der Waals surface area (Å²) < 4.78 is 58.2. The second-order valence-corrected chi connectivity index (χ2v) is 12.1. The van der Waals surface area contributed by atoms with Crippen LogP contribution in [0.25, 0.3) is 11.1 Å². The standard InChI is InChI=1S/C27H29F2N3O3S/c1-17(2)32-16-30-24-10-9-23(31-36(34,35)27(29)11-12-27)22(25(24)26(32)33)14-18-5-3-6-19(13-18)20-7-4-8-21(28)15-20/h3-8,13,15-17,22-23,31H,9-12,14H2,1-2H3. The third kappa shape index (κ3) is 4.62. The van der Waals surface area contributed by atoms with Crippen LogP contribution in [-0.2, 0) is 22.9 Å². The smallest absolute Gasteiger partial charge is 0.257 e. The number of hydrogen-bond donors (Lipinski definition) is 1. The average molecular weight is 514 g/mol. The summed E-state index contributed by atoms with van der Waals surface area (Å²) in [6, 6.07) is 13.1. The van der Waals surface area contributed by atoms with Crippen molar-refractivity contribution in [2.75, 3.05) is 0 Å². The number of aryl methyl sites for hydroxylation is 1. The molecule has 6 nitrogen and oxygen atoms in total. The van der Waals surface area contributed by atoms with Crippen molar-refractivity contribution in [2.45, 2.75) is 69.0 Å². The highest BCUT2D eigenvalue weighted by atomic mass is 32.2. The Hall–Kier alpha value is -2.91. The number of fused-ring (bicyclic) bond motifs is 1. The zero-order valence-electron chi connectivity index (χ0n) is 20.2. The van der Waals surface area contributed by atoms with Crippen LogP contribution in [0.4, 0.5) is 8.78 Å². The van der Waals surface area contributed by atoms with Gasteiger partial charge in [0.25, 0.3) is 5.56 Å². The van der Waals surface area contributed by atoms with E-state index in [1.165, 1.54) is 12.1 Å². The van der Waals surface area contributed by atoms with Gasteiger partial charge >= 0.3 is 0 Å². The van der Waals surface area contributed by atoms with Crippen LogP contribution >= 0.6 is 0 Å². The van der Waals surface area contributed by atoms with Crippen molar-refractivity contribution >= 4 is 10.0 Å². The lowest BCUT2D eigenvalue weighted by Gasteiger charge is -2.34. The summed E-state index contributed by atoms with van der Waals surface area (Å²) in [5.41, 5.74) is 3.32. The van der Waals surface area contributed by atoms with Gasteiger partial charge in [-0.2, -0.15) is 0 Å². The minimum absolute atomic E-state index is 0.0201. The Kier molecular flexibility index (Phi) is 6.32. The predicted molar refractivity (Wildman–Crippen MR) is 134 cm³/mol. The fourth-order valence-electron chi connectivity index (χ4n) is 5.01. The first-order chi connectivity index (χ1) is 17.1. The minimum atomic E-state index is -4.20. The maximum Gasteiger partial charge on any atom is 0.257 e. The lowest BCUT2D eigenvalue weighted by atomic mass is 9.78. The maximum atomic E-state index is 14.6. The number of nitrogens with one attached hydrogen (secondary N) is 1. The molecule has 2 unspecified atom stereocenters. The zero-order chi connectivity index (χ0) is 25.7. The molecule has 1 saturated carbocycles. The summed E-state index contributed by atoms with van der Waals surface area (Å²) in [4.78, 5) is 18.1. The lowest BCUT2D eigenvalue weighted by Crippen LogP contribution is -2.48. The van der Waals surface area contributed by atoms with E-state index in [9.17, 15) is 22.0 Å². The molecule has 0 radical (unpaired) electrons. The number of rotatable bonds is 7. The van der Waals surface area contributed by atoms with Gasteiger partial charge in [-0.1, -0.05) is 36.4 Å². The molecule has 1 heterocycles. The van der Waals surface area contributed by atoms with E-state index < -0.39 is 27.0 Å². The molecule has 0 bridgehead atoms. The molecule has 3 aromatic rings. The van der Waals surface area contributed by atoms with Crippen molar-refractivity contribution < 1.29 is 17.2 Å². The number of alkyl halides is 1. The summed E-state index contributed by atoms with van der Waals surface area (Å²) >= 11 is 0. The topological polar surface area (TPSA) is 81.1 Å². The normalized spacial score (nSPS) is 20.8. The van der Waals surface area contributed by atoms with Gasteiger partial charge < -0.3 is 0 Å². The number of benzene rings is 2. The Bertz CT molecular complexity index is 1470. The van der Waals surface area contributed by atoms with E-state index in [0.717, 1.165) is 16.7 Å². The molecule has 0 spiro atoms. The molecule has 1 aromatic heterocycles. The molecule has 0 amide bonds. The fraction of sp³-hybridized carbons (Fsp3) is 0.407. The molecule has 2 aliphatic carbocycles. The van der Waals surface area contributed by atoms with Gasteiger partial charge in [-0.05, 0) is 61.9 Å². The minimum Gasteiger partial charge on any atom is -0.296 e. The first-order valence-corrected chi connectivity index (χ1v) is 13.7. The third-order valence-corrected chi connectivity index (χ3v) is 9.18. The number of halogens is 2. The Morgan fingerprint density at radius 1 is 1.14 bits per heavy atom. The predicted octanol–water partition coefficient (Wildman–Crippen LogP) is 4.65. The maximum absolute atomic E-state index is 14.6. The van der Waals surface area contributed by atoms with Gasteiger partial charge in [0.1, 0.15) is 5.82 Å². The molecule has 1 fully saturated rings. The Morgan fingerprint density at radius 3 is 2.50 bits per heavy atom. The van der Waals surface area contributed by atoms with E-state index in [2.05, 4.69) is 9.71 Å². The van der Waals surface area contributed by atoms with Gasteiger partial charge in [0.15, 0.2) is 0 Å². The molecule has 1 N–H and O–H groups in total. The SMILES string of the molecule is CC(C)n1cnc2c(c1=O)C(Cc1cccc(-c3cccc(F)c3)c1)C(NS(=O)(=O)C1(F)CC1)CC2. The molecule has 2 atom stereocenters. The van der Waals surface area contributed by atoms with Crippen LogP contribution in [0.15, 0.2) is 59.7 Å². The van der Waals surface area contributed by atoms with E-state index >= 15 is 0 Å². The average Bonchev–Trinajstić information content (AvgIpc) is 3.60. The highest BCUT2D eigenvalue weighted by Gasteiger charge is 2.56.